The van der Waals surface area contributed by atoms with Gasteiger partial charge in [0.15, 0.2) is 0 Å². The van der Waals surface area contributed by atoms with Crippen molar-refractivity contribution in [2.75, 3.05) is 11.6 Å². The summed E-state index contributed by atoms with van der Waals surface area (Å²) in [4.78, 5) is 0. The van der Waals surface area contributed by atoms with Crippen molar-refractivity contribution >= 4 is 41.3 Å². The van der Waals surface area contributed by atoms with Gasteiger partial charge in [-0.15, -0.1) is 12.4 Å². The summed E-state index contributed by atoms with van der Waals surface area (Å²) in [7, 11) is 0. The van der Waals surface area contributed by atoms with Gasteiger partial charge in [-0.1, -0.05) is 23.2 Å². The summed E-state index contributed by atoms with van der Waals surface area (Å²) in [6.45, 7) is 0.112. The van der Waals surface area contributed by atoms with E-state index in [1.807, 2.05) is 6.07 Å². The van der Waals surface area contributed by atoms with Gasteiger partial charge in [0.05, 0.1) is 33.8 Å². The van der Waals surface area contributed by atoms with Crippen LogP contribution in [0.3, 0.4) is 0 Å². The van der Waals surface area contributed by atoms with Crippen LogP contribution in [-0.2, 0) is 23.2 Å². The number of hydrogen-bond acceptors (Lipinski definition) is 3. The summed E-state index contributed by atoms with van der Waals surface area (Å²) < 4.78 is 37.4. The van der Waals surface area contributed by atoms with Crippen LogP contribution in [0.2, 0.25) is 10.0 Å². The molecule has 0 unspecified atom stereocenters. The van der Waals surface area contributed by atoms with Crippen molar-refractivity contribution in [1.29, 1.82) is 5.26 Å². The first-order valence-electron chi connectivity index (χ1n) is 4.72. The number of nitriles is 1. The van der Waals surface area contributed by atoms with E-state index in [0.29, 0.717) is 0 Å². The molecule has 0 aliphatic rings. The Labute approximate surface area is 140 Å². The molecule has 117 valence electrons. The molecule has 1 aromatic carbocycles. The molecule has 3 nitrogen and oxygen atoms in total. The number of nitrogens with zero attached hydrogens (tertiary/aromatic N) is 2. The quantitative estimate of drug-likeness (QED) is 0.476. The van der Waals surface area contributed by atoms with Crippen molar-refractivity contribution in [3.05, 3.63) is 27.7 Å². The van der Waals surface area contributed by atoms with E-state index in [1.54, 1.807) is 0 Å². The van der Waals surface area contributed by atoms with E-state index < -0.39 is 11.7 Å². The van der Waals surface area contributed by atoms with Gasteiger partial charge in [-0.05, 0) is 12.1 Å². The van der Waals surface area contributed by atoms with Crippen molar-refractivity contribution in [2.45, 2.75) is 12.6 Å². The van der Waals surface area contributed by atoms with Crippen LogP contribution in [0.5, 0.6) is 0 Å². The Morgan fingerprint density at radius 2 is 1.70 bits per heavy atom. The summed E-state index contributed by atoms with van der Waals surface area (Å²) in [6.07, 6.45) is -4.43. The van der Waals surface area contributed by atoms with E-state index in [2.05, 4.69) is 0 Å². The minimum atomic E-state index is -4.53. The van der Waals surface area contributed by atoms with E-state index >= 15 is 0 Å². The average Bonchev–Trinajstić information content (AvgIpc) is 2.24. The second-order valence-electron chi connectivity index (χ2n) is 3.39. The zero-order valence-corrected chi connectivity index (χ0v) is 12.9. The first kappa shape index (κ1) is 21.9. The SMILES string of the molecule is Cl.N#CCCN(N)c1c(Cl)cc(C(F)(F)F)cc1Cl.[Cu]. The molecule has 0 aliphatic heterocycles. The number of halogens is 6. The van der Waals surface area contributed by atoms with E-state index in [9.17, 15) is 13.2 Å². The summed E-state index contributed by atoms with van der Waals surface area (Å²) in [6, 6.07) is 3.35. The fourth-order valence-electron chi connectivity index (χ4n) is 1.29. The third-order valence-corrected chi connectivity index (χ3v) is 2.67. The van der Waals surface area contributed by atoms with Gasteiger partial charge in [-0.25, -0.2) is 5.84 Å². The number of hydrogen-bond donors (Lipinski definition) is 1. The molecular weight excluding hydrogens is 389 g/mol. The molecule has 1 rings (SSSR count). The minimum absolute atomic E-state index is 0. The zero-order valence-electron chi connectivity index (χ0n) is 9.64. The largest absolute Gasteiger partial charge is 0.416 e. The first-order chi connectivity index (χ1) is 8.27. The van der Waals surface area contributed by atoms with Gasteiger partial charge in [0.1, 0.15) is 0 Å². The van der Waals surface area contributed by atoms with Crippen molar-refractivity contribution in [1.82, 2.24) is 0 Å². The molecule has 1 aromatic rings. The first-order valence-corrected chi connectivity index (χ1v) is 5.48. The van der Waals surface area contributed by atoms with Gasteiger partial charge >= 0.3 is 6.18 Å². The smallest absolute Gasteiger partial charge is 0.307 e. The van der Waals surface area contributed by atoms with E-state index in [0.717, 1.165) is 17.1 Å². The van der Waals surface area contributed by atoms with Crippen molar-refractivity contribution < 1.29 is 30.2 Å². The molecule has 0 saturated heterocycles. The summed E-state index contributed by atoms with van der Waals surface area (Å²) >= 11 is 11.5. The van der Waals surface area contributed by atoms with Crippen LogP contribution >= 0.6 is 35.6 Å². The molecule has 0 bridgehead atoms. The molecule has 0 aliphatic carbocycles. The Bertz CT molecular complexity index is 468. The minimum Gasteiger partial charge on any atom is -0.307 e. The molecule has 0 fully saturated rings. The Kier molecular flexibility index (Phi) is 9.69. The van der Waals surface area contributed by atoms with Crippen molar-refractivity contribution in [3.8, 4) is 6.07 Å². The molecule has 0 spiro atoms. The monoisotopic (exact) mass is 396 g/mol. The number of nitrogens with two attached hydrogens (primary N) is 1. The molecule has 10 heteroatoms. The molecule has 0 heterocycles. The third kappa shape index (κ3) is 5.57. The number of hydrazine groups is 1. The molecule has 1 radical (unpaired) electrons. The molecule has 0 saturated carbocycles. The van der Waals surface area contributed by atoms with Gasteiger partial charge in [0.25, 0.3) is 0 Å². The van der Waals surface area contributed by atoms with Crippen molar-refractivity contribution in [3.63, 3.8) is 0 Å². The number of alkyl halides is 3. The number of benzene rings is 1. The second kappa shape index (κ2) is 8.83. The number of anilines is 1. The molecule has 0 aromatic heterocycles. The molecule has 0 atom stereocenters. The van der Waals surface area contributed by atoms with Crippen LogP contribution in [0.15, 0.2) is 12.1 Å². The van der Waals surface area contributed by atoms with E-state index in [1.165, 1.54) is 0 Å². The van der Waals surface area contributed by atoms with Gasteiger partial charge in [-0.2, -0.15) is 18.4 Å². The van der Waals surface area contributed by atoms with Crippen LogP contribution < -0.4 is 10.9 Å². The molecule has 2 N–H and O–H groups in total. The topological polar surface area (TPSA) is 53.0 Å². The second-order valence-corrected chi connectivity index (χ2v) is 4.20. The standard InChI is InChI=1S/C10H8Cl2F3N3.ClH.Cu/c11-7-4-6(10(13,14)15)5-8(12)9(7)18(17)3-1-2-16;;/h4-5H,1,3,17H2;1H;. The third-order valence-electron chi connectivity index (χ3n) is 2.10. The van der Waals surface area contributed by atoms with Crippen molar-refractivity contribution in [2.24, 2.45) is 5.84 Å². The van der Waals surface area contributed by atoms with Crippen LogP contribution in [0.25, 0.3) is 0 Å². The van der Waals surface area contributed by atoms with Gasteiger partial charge in [0.2, 0.25) is 0 Å². The molecular formula is C10H9Cl3CuF3N3. The van der Waals surface area contributed by atoms with E-state index in [4.69, 9.17) is 34.3 Å². The van der Waals surface area contributed by atoms with Crippen LogP contribution in [0.4, 0.5) is 18.9 Å². The predicted octanol–water partition coefficient (Wildman–Crippen LogP) is 4.03. The Hall–Kier alpha value is -0.351. The van der Waals surface area contributed by atoms with Gasteiger partial charge < -0.3 is 5.01 Å². The average molecular weight is 398 g/mol. The predicted molar refractivity (Wildman–Crippen MR) is 70.5 cm³/mol. The summed E-state index contributed by atoms with van der Waals surface area (Å²) in [5, 5.41) is 9.03. The molecule has 20 heavy (non-hydrogen) atoms. The maximum atomic E-state index is 12.5. The summed E-state index contributed by atoms with van der Waals surface area (Å²) in [5.41, 5.74) is -0.878. The van der Waals surface area contributed by atoms with Gasteiger partial charge in [0, 0.05) is 23.6 Å². The van der Waals surface area contributed by atoms with Crippen LogP contribution in [0.1, 0.15) is 12.0 Å². The van der Waals surface area contributed by atoms with Gasteiger partial charge in [-0.3, -0.25) is 0 Å². The fraction of sp³-hybridized carbons (Fsp3) is 0.300. The Morgan fingerprint density at radius 3 is 2.05 bits per heavy atom. The normalized spacial score (nSPS) is 10.1. The zero-order chi connectivity index (χ0) is 13.9. The maximum absolute atomic E-state index is 12.5. The van der Waals surface area contributed by atoms with E-state index in [-0.39, 0.29) is 58.2 Å². The Balaban J connectivity index is 0. The fourth-order valence-corrected chi connectivity index (χ4v) is 1.99. The number of rotatable bonds is 3. The maximum Gasteiger partial charge on any atom is 0.416 e. The Morgan fingerprint density at radius 1 is 1.25 bits per heavy atom. The van der Waals surface area contributed by atoms with Crippen LogP contribution in [-0.4, -0.2) is 6.54 Å². The van der Waals surface area contributed by atoms with Crippen LogP contribution in [0, 0.1) is 11.3 Å². The molecule has 0 amide bonds. The summed E-state index contributed by atoms with van der Waals surface area (Å²) in [5.74, 6) is 5.57.